The largest absolute Gasteiger partial charge is 0.352 e. The van der Waals surface area contributed by atoms with Crippen molar-refractivity contribution in [3.8, 4) is 0 Å². The Morgan fingerprint density at radius 2 is 1.88 bits per heavy atom. The van der Waals surface area contributed by atoms with Crippen molar-refractivity contribution in [2.45, 2.75) is 25.8 Å². The first-order chi connectivity index (χ1) is 12.0. The summed E-state index contributed by atoms with van der Waals surface area (Å²) in [4.78, 5) is 24.1. The van der Waals surface area contributed by atoms with Crippen molar-refractivity contribution in [3.05, 3.63) is 69.2 Å². The Morgan fingerprint density at radius 1 is 1.16 bits per heavy atom. The predicted octanol–water partition coefficient (Wildman–Crippen LogP) is 4.49. The van der Waals surface area contributed by atoms with Gasteiger partial charge in [-0.3, -0.25) is 9.59 Å². The summed E-state index contributed by atoms with van der Waals surface area (Å²) in [6.07, 6.45) is 0.983. The number of nitrogens with one attached hydrogen (secondary N) is 2. The first-order valence-corrected chi connectivity index (χ1v) is 9.25. The summed E-state index contributed by atoms with van der Waals surface area (Å²) in [6.45, 7) is 2.29. The van der Waals surface area contributed by atoms with Crippen molar-refractivity contribution in [2.75, 3.05) is 6.54 Å². The van der Waals surface area contributed by atoms with E-state index >= 15 is 0 Å². The van der Waals surface area contributed by atoms with E-state index in [4.69, 9.17) is 11.6 Å². The lowest BCUT2D eigenvalue weighted by Crippen LogP contribution is -2.32. The van der Waals surface area contributed by atoms with E-state index < -0.39 is 0 Å². The molecule has 2 amide bonds. The molecule has 1 atom stereocenters. The average molecular weight is 424 g/mol. The summed E-state index contributed by atoms with van der Waals surface area (Å²) < 4.78 is 0.912. The van der Waals surface area contributed by atoms with Gasteiger partial charge in [0.1, 0.15) is 0 Å². The van der Waals surface area contributed by atoms with Crippen LogP contribution < -0.4 is 10.6 Å². The van der Waals surface area contributed by atoms with Crippen LogP contribution in [0, 0.1) is 0 Å². The maximum atomic E-state index is 12.1. The smallest absolute Gasteiger partial charge is 0.251 e. The number of benzene rings is 2. The average Bonchev–Trinajstić information content (AvgIpc) is 2.60. The van der Waals surface area contributed by atoms with Crippen molar-refractivity contribution in [1.29, 1.82) is 0 Å². The molecule has 4 nitrogen and oxygen atoms in total. The third-order valence-corrected chi connectivity index (χ3v) is 4.50. The van der Waals surface area contributed by atoms with Crippen LogP contribution in [0.3, 0.4) is 0 Å². The molecular formula is C19H20BrClN2O2. The minimum atomic E-state index is -0.192. The molecule has 0 spiro atoms. The molecule has 0 aliphatic heterocycles. The van der Waals surface area contributed by atoms with Gasteiger partial charge in [0.05, 0.1) is 6.04 Å². The fourth-order valence-corrected chi connectivity index (χ4v) is 2.87. The van der Waals surface area contributed by atoms with Gasteiger partial charge in [-0.2, -0.15) is 0 Å². The van der Waals surface area contributed by atoms with Crippen LogP contribution in [0.4, 0.5) is 0 Å². The minimum Gasteiger partial charge on any atom is -0.352 e. The molecule has 0 heterocycles. The zero-order chi connectivity index (χ0) is 18.2. The topological polar surface area (TPSA) is 58.2 Å². The summed E-state index contributed by atoms with van der Waals surface area (Å²) in [5.74, 6) is -0.301. The molecule has 0 aliphatic carbocycles. The first kappa shape index (κ1) is 19.5. The van der Waals surface area contributed by atoms with Gasteiger partial charge in [-0.1, -0.05) is 46.6 Å². The Kier molecular flexibility index (Phi) is 7.47. The van der Waals surface area contributed by atoms with Crippen molar-refractivity contribution in [3.63, 3.8) is 0 Å². The van der Waals surface area contributed by atoms with Crippen LogP contribution in [0.25, 0.3) is 0 Å². The fourth-order valence-electron chi connectivity index (χ4n) is 2.40. The predicted molar refractivity (Wildman–Crippen MR) is 104 cm³/mol. The van der Waals surface area contributed by atoms with Crippen LogP contribution in [-0.2, 0) is 4.79 Å². The second-order valence-electron chi connectivity index (χ2n) is 5.60. The zero-order valence-electron chi connectivity index (χ0n) is 13.9. The van der Waals surface area contributed by atoms with Gasteiger partial charge in [0.2, 0.25) is 5.91 Å². The number of halogens is 2. The molecular weight excluding hydrogens is 404 g/mol. The summed E-state index contributed by atoms with van der Waals surface area (Å²) in [6, 6.07) is 14.4. The number of hydrogen-bond donors (Lipinski definition) is 2. The molecule has 0 radical (unpaired) electrons. The molecule has 1 unspecified atom stereocenters. The van der Waals surface area contributed by atoms with Crippen molar-refractivity contribution in [1.82, 2.24) is 10.6 Å². The third-order valence-electron chi connectivity index (χ3n) is 3.74. The summed E-state index contributed by atoms with van der Waals surface area (Å²) in [5, 5.41) is 6.37. The molecule has 2 rings (SSSR count). The van der Waals surface area contributed by atoms with Gasteiger partial charge in [-0.15, -0.1) is 0 Å². The lowest BCUT2D eigenvalue weighted by Gasteiger charge is -2.18. The molecule has 2 aromatic rings. The van der Waals surface area contributed by atoms with Crippen LogP contribution in [-0.4, -0.2) is 18.4 Å². The van der Waals surface area contributed by atoms with E-state index in [0.29, 0.717) is 10.6 Å². The number of rotatable bonds is 7. The van der Waals surface area contributed by atoms with Gasteiger partial charge in [0.25, 0.3) is 5.91 Å². The molecule has 0 aromatic heterocycles. The highest BCUT2D eigenvalue weighted by molar-refractivity contribution is 9.10. The highest BCUT2D eigenvalue weighted by atomic mass is 79.9. The SMILES string of the molecule is CCC(NC(=O)CCNC(=O)c1ccc(Br)cc1)c1cccc(Cl)c1. The van der Waals surface area contributed by atoms with Gasteiger partial charge >= 0.3 is 0 Å². The molecule has 25 heavy (non-hydrogen) atoms. The van der Waals surface area contributed by atoms with E-state index in [1.165, 1.54) is 0 Å². The number of carbonyl (C=O) groups is 2. The molecule has 0 fully saturated rings. The number of hydrogen-bond acceptors (Lipinski definition) is 2. The van der Waals surface area contributed by atoms with Crippen molar-refractivity contribution < 1.29 is 9.59 Å². The third kappa shape index (κ3) is 6.18. The Hall–Kier alpha value is -1.85. The molecule has 6 heteroatoms. The molecule has 0 saturated carbocycles. The van der Waals surface area contributed by atoms with Crippen molar-refractivity contribution >= 4 is 39.3 Å². The standard InChI is InChI=1S/C19H20BrClN2O2/c1-2-17(14-4-3-5-16(21)12-14)23-18(24)10-11-22-19(25)13-6-8-15(20)9-7-13/h3-9,12,17H,2,10-11H2,1H3,(H,22,25)(H,23,24). The van der Waals surface area contributed by atoms with Gasteiger partial charge < -0.3 is 10.6 Å². The maximum absolute atomic E-state index is 12.1. The lowest BCUT2D eigenvalue weighted by atomic mass is 10.0. The number of carbonyl (C=O) groups excluding carboxylic acids is 2. The maximum Gasteiger partial charge on any atom is 0.251 e. The van der Waals surface area contributed by atoms with Gasteiger partial charge in [0.15, 0.2) is 0 Å². The number of amides is 2. The Morgan fingerprint density at radius 3 is 2.52 bits per heavy atom. The van der Waals surface area contributed by atoms with E-state index in [2.05, 4.69) is 26.6 Å². The molecule has 2 aromatic carbocycles. The van der Waals surface area contributed by atoms with Gasteiger partial charge in [-0.25, -0.2) is 0 Å². The minimum absolute atomic E-state index is 0.0895. The van der Waals surface area contributed by atoms with E-state index in [1.807, 2.05) is 25.1 Å². The fraction of sp³-hybridized carbons (Fsp3) is 0.263. The molecule has 0 saturated heterocycles. The van der Waals surface area contributed by atoms with E-state index in [9.17, 15) is 9.59 Å². The van der Waals surface area contributed by atoms with Crippen molar-refractivity contribution in [2.24, 2.45) is 0 Å². The zero-order valence-corrected chi connectivity index (χ0v) is 16.2. The van der Waals surface area contributed by atoms with Crippen LogP contribution >= 0.6 is 27.5 Å². The highest BCUT2D eigenvalue weighted by Crippen LogP contribution is 2.20. The monoisotopic (exact) mass is 422 g/mol. The Labute approximate surface area is 161 Å². The normalized spacial score (nSPS) is 11.6. The molecule has 132 valence electrons. The van der Waals surface area contributed by atoms with Crippen LogP contribution in [0.15, 0.2) is 53.0 Å². The lowest BCUT2D eigenvalue weighted by molar-refractivity contribution is -0.121. The van der Waals surface area contributed by atoms with E-state index in [1.54, 1.807) is 30.3 Å². The Balaban J connectivity index is 1.81. The molecule has 0 bridgehead atoms. The van der Waals surface area contributed by atoms with Crippen LogP contribution in [0.1, 0.15) is 41.7 Å². The summed E-state index contributed by atoms with van der Waals surface area (Å²) >= 11 is 9.33. The quantitative estimate of drug-likeness (QED) is 0.689. The first-order valence-electron chi connectivity index (χ1n) is 8.08. The van der Waals surface area contributed by atoms with Crippen LogP contribution in [0.2, 0.25) is 5.02 Å². The van der Waals surface area contributed by atoms with E-state index in [0.717, 1.165) is 16.5 Å². The molecule has 2 N–H and O–H groups in total. The van der Waals surface area contributed by atoms with Gasteiger partial charge in [-0.05, 0) is 48.4 Å². The van der Waals surface area contributed by atoms with Gasteiger partial charge in [0, 0.05) is 28.0 Å². The highest BCUT2D eigenvalue weighted by Gasteiger charge is 2.13. The second-order valence-corrected chi connectivity index (χ2v) is 6.95. The van der Waals surface area contributed by atoms with Crippen LogP contribution in [0.5, 0.6) is 0 Å². The molecule has 0 aliphatic rings. The summed E-state index contributed by atoms with van der Waals surface area (Å²) in [7, 11) is 0. The van der Waals surface area contributed by atoms with E-state index in [-0.39, 0.29) is 30.8 Å². The second kappa shape index (κ2) is 9.59. The Bertz CT molecular complexity index is 734. The summed E-state index contributed by atoms with van der Waals surface area (Å²) in [5.41, 5.74) is 1.54.